The molecule has 2 fully saturated rings. The second-order valence-corrected chi connectivity index (χ2v) is 8.18. The van der Waals surface area contributed by atoms with E-state index in [1.165, 1.54) is 19.3 Å². The Morgan fingerprint density at radius 2 is 1.90 bits per heavy atom. The first-order chi connectivity index (χ1) is 14.7. The molecule has 1 saturated carbocycles. The van der Waals surface area contributed by atoms with Crippen LogP contribution in [0.25, 0.3) is 11.3 Å². The molecule has 0 bridgehead atoms. The smallest absolute Gasteiger partial charge is 0.329 e. The first-order valence-electron chi connectivity index (χ1n) is 11.1. The van der Waals surface area contributed by atoms with Gasteiger partial charge in [0.25, 0.3) is 0 Å². The lowest BCUT2D eigenvalue weighted by Gasteiger charge is -2.31. The number of nitrogens with zero attached hydrogens (tertiary/aromatic N) is 4. The summed E-state index contributed by atoms with van der Waals surface area (Å²) in [7, 11) is 1.90. The molecule has 30 heavy (non-hydrogen) atoms. The molecule has 7 nitrogen and oxygen atoms in total. The van der Waals surface area contributed by atoms with Crippen LogP contribution in [0.2, 0.25) is 0 Å². The van der Waals surface area contributed by atoms with Gasteiger partial charge in [-0.25, -0.2) is 9.78 Å². The van der Waals surface area contributed by atoms with Gasteiger partial charge >= 0.3 is 6.03 Å². The van der Waals surface area contributed by atoms with Crippen molar-refractivity contribution in [3.8, 4) is 17.0 Å². The molecule has 2 aliphatic rings. The maximum Gasteiger partial charge on any atom is 0.329 e. The summed E-state index contributed by atoms with van der Waals surface area (Å²) in [6.07, 6.45) is 9.31. The van der Waals surface area contributed by atoms with Crippen LogP contribution in [-0.2, 0) is 4.74 Å². The lowest BCUT2D eigenvalue weighted by atomic mass is 9.95. The predicted octanol–water partition coefficient (Wildman–Crippen LogP) is 3.49. The van der Waals surface area contributed by atoms with Crippen molar-refractivity contribution < 1.29 is 14.3 Å². The van der Waals surface area contributed by atoms with Gasteiger partial charge in [-0.1, -0.05) is 19.3 Å². The highest BCUT2D eigenvalue weighted by molar-refractivity contribution is 5.78. The molecule has 0 atom stereocenters. The van der Waals surface area contributed by atoms with Crippen LogP contribution in [0.4, 0.5) is 4.79 Å². The van der Waals surface area contributed by atoms with Crippen molar-refractivity contribution in [3.63, 3.8) is 0 Å². The zero-order valence-corrected chi connectivity index (χ0v) is 17.8. The number of aromatic nitrogens is 2. The van der Waals surface area contributed by atoms with Crippen molar-refractivity contribution >= 4 is 6.03 Å². The maximum atomic E-state index is 12.8. The van der Waals surface area contributed by atoms with E-state index in [-0.39, 0.29) is 6.03 Å². The Hall–Kier alpha value is -2.38. The number of benzene rings is 1. The molecule has 7 heteroatoms. The van der Waals surface area contributed by atoms with E-state index in [1.54, 1.807) is 10.9 Å². The van der Waals surface area contributed by atoms with Crippen molar-refractivity contribution in [2.75, 3.05) is 46.5 Å². The number of imidazole rings is 1. The lowest BCUT2D eigenvalue weighted by Crippen LogP contribution is -2.40. The summed E-state index contributed by atoms with van der Waals surface area (Å²) >= 11 is 0. The van der Waals surface area contributed by atoms with Crippen LogP contribution >= 0.6 is 0 Å². The van der Waals surface area contributed by atoms with E-state index >= 15 is 0 Å². The second kappa shape index (κ2) is 10.1. The van der Waals surface area contributed by atoms with Crippen molar-refractivity contribution in [1.29, 1.82) is 0 Å². The third-order valence-electron chi connectivity index (χ3n) is 6.16. The highest BCUT2D eigenvalue weighted by Crippen LogP contribution is 2.24. The Bertz CT molecular complexity index is 808. The maximum absolute atomic E-state index is 12.8. The van der Waals surface area contributed by atoms with Crippen molar-refractivity contribution in [1.82, 2.24) is 19.4 Å². The van der Waals surface area contributed by atoms with Gasteiger partial charge in [-0.3, -0.25) is 9.47 Å². The number of carbonyl (C=O) groups excluding carboxylic acids is 1. The number of amides is 1. The summed E-state index contributed by atoms with van der Waals surface area (Å²) < 4.78 is 12.8. The minimum atomic E-state index is -0.0104. The summed E-state index contributed by atoms with van der Waals surface area (Å²) in [6.45, 7) is 5.13. The van der Waals surface area contributed by atoms with E-state index in [2.05, 4.69) is 9.88 Å². The van der Waals surface area contributed by atoms with Gasteiger partial charge < -0.3 is 14.4 Å². The highest BCUT2D eigenvalue weighted by atomic mass is 16.5. The zero-order valence-electron chi connectivity index (χ0n) is 17.8. The molecule has 162 valence electrons. The average Bonchev–Trinajstić information content (AvgIpc) is 3.30. The minimum Gasteiger partial charge on any atom is -0.492 e. The van der Waals surface area contributed by atoms with Crippen molar-refractivity contribution in [2.24, 2.45) is 0 Å². The number of hydrogen-bond acceptors (Lipinski definition) is 5. The van der Waals surface area contributed by atoms with E-state index in [1.807, 2.05) is 42.4 Å². The zero-order chi connectivity index (χ0) is 20.8. The lowest BCUT2D eigenvalue weighted by molar-refractivity contribution is 0.0322. The van der Waals surface area contributed by atoms with Gasteiger partial charge in [0.05, 0.1) is 18.9 Å². The van der Waals surface area contributed by atoms with Crippen molar-refractivity contribution in [3.05, 3.63) is 36.8 Å². The predicted molar refractivity (Wildman–Crippen MR) is 116 cm³/mol. The number of rotatable bonds is 6. The SMILES string of the molecule is CN(C(=O)n1cnc(-c2ccc(OCCN3CCOCC3)cc2)c1)C1CCCCC1. The first kappa shape index (κ1) is 20.9. The molecule has 1 aliphatic heterocycles. The van der Waals surface area contributed by atoms with Crippen LogP contribution in [0.1, 0.15) is 32.1 Å². The molecular formula is C23H32N4O3. The van der Waals surface area contributed by atoms with Crippen LogP contribution in [0.3, 0.4) is 0 Å². The Balaban J connectivity index is 1.31. The number of carbonyl (C=O) groups is 1. The van der Waals surface area contributed by atoms with Gasteiger partial charge in [-0.05, 0) is 37.1 Å². The summed E-state index contributed by atoms with van der Waals surface area (Å²) in [5.41, 5.74) is 1.77. The molecule has 1 amide bonds. The Kier molecular flexibility index (Phi) is 7.02. The Morgan fingerprint density at radius 3 is 2.63 bits per heavy atom. The van der Waals surface area contributed by atoms with E-state index in [4.69, 9.17) is 9.47 Å². The molecule has 2 heterocycles. The molecule has 1 saturated heterocycles. The van der Waals surface area contributed by atoms with Gasteiger partial charge in [0, 0.05) is 44.5 Å². The quantitative estimate of drug-likeness (QED) is 0.727. The van der Waals surface area contributed by atoms with E-state index in [0.717, 1.165) is 62.7 Å². The third kappa shape index (κ3) is 5.21. The van der Waals surface area contributed by atoms with Gasteiger partial charge in [-0.2, -0.15) is 0 Å². The average molecular weight is 413 g/mol. The topological polar surface area (TPSA) is 59.8 Å². The molecule has 2 aromatic rings. The fraction of sp³-hybridized carbons (Fsp3) is 0.565. The van der Waals surface area contributed by atoms with Crippen molar-refractivity contribution in [2.45, 2.75) is 38.1 Å². The minimum absolute atomic E-state index is 0.0104. The van der Waals surface area contributed by atoms with E-state index in [9.17, 15) is 4.79 Å². The summed E-state index contributed by atoms with van der Waals surface area (Å²) in [6, 6.07) is 8.24. The van der Waals surface area contributed by atoms with Gasteiger partial charge in [-0.15, -0.1) is 0 Å². The summed E-state index contributed by atoms with van der Waals surface area (Å²) in [5, 5.41) is 0. The molecule has 0 unspecified atom stereocenters. The first-order valence-corrected chi connectivity index (χ1v) is 11.1. The van der Waals surface area contributed by atoms with Crippen LogP contribution in [0.5, 0.6) is 5.75 Å². The molecule has 0 N–H and O–H groups in total. The van der Waals surface area contributed by atoms with E-state index in [0.29, 0.717) is 12.6 Å². The number of ether oxygens (including phenoxy) is 2. The normalized spacial score (nSPS) is 18.3. The monoisotopic (exact) mass is 412 g/mol. The molecule has 1 aromatic carbocycles. The third-order valence-corrected chi connectivity index (χ3v) is 6.16. The number of hydrogen-bond donors (Lipinski definition) is 0. The Morgan fingerprint density at radius 1 is 1.17 bits per heavy atom. The van der Waals surface area contributed by atoms with Gasteiger partial charge in [0.1, 0.15) is 18.7 Å². The fourth-order valence-electron chi connectivity index (χ4n) is 4.22. The fourth-order valence-corrected chi connectivity index (χ4v) is 4.22. The summed E-state index contributed by atoms with van der Waals surface area (Å²) in [5.74, 6) is 0.847. The van der Waals surface area contributed by atoms with Crippen LogP contribution in [0, 0.1) is 0 Å². The standard InChI is InChI=1S/C23H32N4O3/c1-25(20-5-3-2-4-6-20)23(28)27-17-22(24-18-27)19-7-9-21(10-8-19)30-16-13-26-11-14-29-15-12-26/h7-10,17-18,20H,2-6,11-16H2,1H3. The molecule has 0 spiro atoms. The van der Waals surface area contributed by atoms with Gasteiger partial charge in [0.2, 0.25) is 0 Å². The molecule has 0 radical (unpaired) electrons. The molecule has 1 aliphatic carbocycles. The van der Waals surface area contributed by atoms with E-state index < -0.39 is 0 Å². The van der Waals surface area contributed by atoms with Crippen LogP contribution in [0.15, 0.2) is 36.8 Å². The van der Waals surface area contributed by atoms with Crippen LogP contribution < -0.4 is 4.74 Å². The largest absolute Gasteiger partial charge is 0.492 e. The Labute approximate surface area is 178 Å². The highest BCUT2D eigenvalue weighted by Gasteiger charge is 2.23. The molecule has 1 aromatic heterocycles. The van der Waals surface area contributed by atoms with Crippen LogP contribution in [-0.4, -0.2) is 77.9 Å². The summed E-state index contributed by atoms with van der Waals surface area (Å²) in [4.78, 5) is 21.5. The van der Waals surface area contributed by atoms with Gasteiger partial charge in [0.15, 0.2) is 0 Å². The molecule has 4 rings (SSSR count). The second-order valence-electron chi connectivity index (χ2n) is 8.18. The number of morpholine rings is 1. The molecular weight excluding hydrogens is 380 g/mol.